The van der Waals surface area contributed by atoms with Crippen LogP contribution in [0.5, 0.6) is 0 Å². The predicted molar refractivity (Wildman–Crippen MR) is 93.2 cm³/mol. The number of carbonyl (C=O) groups is 2. The van der Waals surface area contributed by atoms with Crippen molar-refractivity contribution >= 4 is 17.6 Å². The molecule has 0 spiro atoms. The monoisotopic (exact) mass is 334 g/mol. The number of β-amino-alcohol motifs (C(OH)–C–C–N with tert-alkyl or cyclic N) is 1. The number of benzene rings is 1. The molecule has 1 aromatic carbocycles. The molecule has 1 aromatic rings. The minimum atomic E-state index is -0.285. The molecule has 7 heteroatoms. The number of carbonyl (C=O) groups excluding carboxylic acids is 2. The van der Waals surface area contributed by atoms with Crippen molar-refractivity contribution in [1.82, 2.24) is 15.1 Å². The second-order valence-corrected chi connectivity index (χ2v) is 6.19. The third-order valence-corrected chi connectivity index (χ3v) is 3.86. The van der Waals surface area contributed by atoms with E-state index in [1.165, 1.54) is 0 Å². The maximum absolute atomic E-state index is 12.6. The summed E-state index contributed by atoms with van der Waals surface area (Å²) in [5, 5.41) is 14.5. The molecule has 1 fully saturated rings. The van der Waals surface area contributed by atoms with E-state index in [2.05, 4.69) is 15.5 Å². The van der Waals surface area contributed by atoms with Gasteiger partial charge < -0.3 is 20.6 Å². The first-order chi connectivity index (χ1) is 11.5. The van der Waals surface area contributed by atoms with Crippen LogP contribution in [0.25, 0.3) is 0 Å². The summed E-state index contributed by atoms with van der Waals surface area (Å²) < 4.78 is 0. The summed E-state index contributed by atoms with van der Waals surface area (Å²) in [6.45, 7) is 7.37. The third kappa shape index (κ3) is 5.21. The van der Waals surface area contributed by atoms with E-state index in [0.29, 0.717) is 30.9 Å². The van der Waals surface area contributed by atoms with Crippen molar-refractivity contribution in [3.05, 3.63) is 29.8 Å². The summed E-state index contributed by atoms with van der Waals surface area (Å²) in [4.78, 5) is 28.3. The lowest BCUT2D eigenvalue weighted by Gasteiger charge is -2.34. The Bertz CT molecular complexity index is 569. The van der Waals surface area contributed by atoms with Gasteiger partial charge in [0.2, 0.25) is 0 Å². The van der Waals surface area contributed by atoms with Gasteiger partial charge in [0.15, 0.2) is 0 Å². The number of anilines is 1. The standard InChI is InChI=1S/C17H26N4O3/c1-13(2)18-17(24)19-15-5-3-4-14(12-15)16(23)21-8-6-20(7-9-21)10-11-22/h3-5,12-13,22H,6-11H2,1-2H3,(H2,18,19,24). The van der Waals surface area contributed by atoms with E-state index < -0.39 is 0 Å². The number of piperazine rings is 1. The van der Waals surface area contributed by atoms with Crippen LogP contribution in [0.4, 0.5) is 10.5 Å². The number of rotatable bonds is 5. The van der Waals surface area contributed by atoms with Crippen molar-refractivity contribution < 1.29 is 14.7 Å². The smallest absolute Gasteiger partial charge is 0.319 e. The van der Waals surface area contributed by atoms with Gasteiger partial charge in [-0.3, -0.25) is 9.69 Å². The summed E-state index contributed by atoms with van der Waals surface area (Å²) in [6, 6.07) is 6.74. The zero-order chi connectivity index (χ0) is 17.5. The molecule has 1 saturated heterocycles. The Balaban J connectivity index is 1.95. The van der Waals surface area contributed by atoms with Crippen LogP contribution >= 0.6 is 0 Å². The quantitative estimate of drug-likeness (QED) is 0.749. The van der Waals surface area contributed by atoms with Crippen LogP contribution in [-0.4, -0.2) is 72.2 Å². The van der Waals surface area contributed by atoms with Crippen molar-refractivity contribution in [3.63, 3.8) is 0 Å². The first kappa shape index (κ1) is 18.2. The van der Waals surface area contributed by atoms with Gasteiger partial charge in [0.05, 0.1) is 6.61 Å². The Morgan fingerprint density at radius 2 is 1.92 bits per heavy atom. The SMILES string of the molecule is CC(C)NC(=O)Nc1cccc(C(=O)N2CCN(CCO)CC2)c1. The predicted octanol–water partition coefficient (Wildman–Crippen LogP) is 0.967. The van der Waals surface area contributed by atoms with Gasteiger partial charge in [-0.15, -0.1) is 0 Å². The molecule has 2 rings (SSSR count). The first-order valence-corrected chi connectivity index (χ1v) is 8.29. The molecule has 132 valence electrons. The van der Waals surface area contributed by atoms with E-state index in [4.69, 9.17) is 5.11 Å². The molecule has 0 radical (unpaired) electrons. The molecule has 3 N–H and O–H groups in total. The van der Waals surface area contributed by atoms with E-state index in [9.17, 15) is 9.59 Å². The minimum absolute atomic E-state index is 0.0356. The van der Waals surface area contributed by atoms with Gasteiger partial charge in [0.25, 0.3) is 5.91 Å². The third-order valence-electron chi connectivity index (χ3n) is 3.86. The second-order valence-electron chi connectivity index (χ2n) is 6.19. The van der Waals surface area contributed by atoms with Gasteiger partial charge in [-0.25, -0.2) is 4.79 Å². The van der Waals surface area contributed by atoms with Gasteiger partial charge >= 0.3 is 6.03 Å². The fraction of sp³-hybridized carbons (Fsp3) is 0.529. The molecular formula is C17H26N4O3. The van der Waals surface area contributed by atoms with Crippen molar-refractivity contribution in [2.75, 3.05) is 44.6 Å². The molecule has 24 heavy (non-hydrogen) atoms. The average Bonchev–Trinajstić information content (AvgIpc) is 2.54. The normalized spacial score (nSPS) is 15.4. The fourth-order valence-electron chi connectivity index (χ4n) is 2.66. The fourth-order valence-corrected chi connectivity index (χ4v) is 2.66. The molecule has 0 atom stereocenters. The van der Waals surface area contributed by atoms with Crippen LogP contribution in [0.1, 0.15) is 24.2 Å². The van der Waals surface area contributed by atoms with Crippen molar-refractivity contribution in [2.45, 2.75) is 19.9 Å². The summed E-state index contributed by atoms with van der Waals surface area (Å²) in [5.41, 5.74) is 1.16. The maximum atomic E-state index is 12.6. The number of urea groups is 1. The van der Waals surface area contributed by atoms with E-state index >= 15 is 0 Å². The molecule has 0 unspecified atom stereocenters. The number of nitrogens with one attached hydrogen (secondary N) is 2. The zero-order valence-electron chi connectivity index (χ0n) is 14.3. The maximum Gasteiger partial charge on any atom is 0.319 e. The lowest BCUT2D eigenvalue weighted by molar-refractivity contribution is 0.0615. The minimum Gasteiger partial charge on any atom is -0.395 e. The van der Waals surface area contributed by atoms with Gasteiger partial charge in [-0.1, -0.05) is 6.07 Å². The molecule has 0 aliphatic carbocycles. The molecule has 1 aliphatic heterocycles. The van der Waals surface area contributed by atoms with Crippen molar-refractivity contribution in [3.8, 4) is 0 Å². The molecule has 0 aromatic heterocycles. The summed E-state index contributed by atoms with van der Waals surface area (Å²) in [6.07, 6.45) is 0. The van der Waals surface area contributed by atoms with Gasteiger partial charge in [-0.05, 0) is 32.0 Å². The molecule has 1 heterocycles. The van der Waals surface area contributed by atoms with Crippen molar-refractivity contribution in [1.29, 1.82) is 0 Å². The van der Waals surface area contributed by atoms with Gasteiger partial charge in [-0.2, -0.15) is 0 Å². The van der Waals surface area contributed by atoms with E-state index in [0.717, 1.165) is 13.1 Å². The highest BCUT2D eigenvalue weighted by Crippen LogP contribution is 2.14. The second kappa shape index (κ2) is 8.65. The Morgan fingerprint density at radius 3 is 2.54 bits per heavy atom. The van der Waals surface area contributed by atoms with E-state index in [1.807, 2.05) is 13.8 Å². The van der Waals surface area contributed by atoms with Crippen LogP contribution in [0.15, 0.2) is 24.3 Å². The number of nitrogens with zero attached hydrogens (tertiary/aromatic N) is 2. The van der Waals surface area contributed by atoms with Crippen LogP contribution in [0, 0.1) is 0 Å². The number of hydrogen-bond donors (Lipinski definition) is 3. The lowest BCUT2D eigenvalue weighted by Crippen LogP contribution is -2.49. The van der Waals surface area contributed by atoms with Crippen LogP contribution in [0.2, 0.25) is 0 Å². The summed E-state index contributed by atoms with van der Waals surface area (Å²) >= 11 is 0. The number of aliphatic hydroxyl groups is 1. The largest absolute Gasteiger partial charge is 0.395 e. The van der Waals surface area contributed by atoms with Crippen LogP contribution < -0.4 is 10.6 Å². The number of aliphatic hydroxyl groups excluding tert-OH is 1. The molecule has 3 amide bonds. The van der Waals surface area contributed by atoms with E-state index in [1.54, 1.807) is 29.2 Å². The van der Waals surface area contributed by atoms with Gasteiger partial charge in [0, 0.05) is 50.0 Å². The average molecular weight is 334 g/mol. The topological polar surface area (TPSA) is 84.9 Å². The molecule has 0 saturated carbocycles. The van der Waals surface area contributed by atoms with Crippen molar-refractivity contribution in [2.24, 2.45) is 0 Å². The Hall–Kier alpha value is -2.12. The molecule has 7 nitrogen and oxygen atoms in total. The Kier molecular flexibility index (Phi) is 6.57. The van der Waals surface area contributed by atoms with Gasteiger partial charge in [0.1, 0.15) is 0 Å². The molecule has 1 aliphatic rings. The van der Waals surface area contributed by atoms with Crippen LogP contribution in [-0.2, 0) is 0 Å². The lowest BCUT2D eigenvalue weighted by atomic mass is 10.1. The number of amides is 3. The Morgan fingerprint density at radius 1 is 1.21 bits per heavy atom. The number of hydrogen-bond acceptors (Lipinski definition) is 4. The summed E-state index contributed by atoms with van der Waals surface area (Å²) in [5.74, 6) is -0.0356. The molecule has 0 bridgehead atoms. The highest BCUT2D eigenvalue weighted by molar-refractivity contribution is 5.97. The summed E-state index contributed by atoms with van der Waals surface area (Å²) in [7, 11) is 0. The van der Waals surface area contributed by atoms with E-state index in [-0.39, 0.29) is 24.6 Å². The highest BCUT2D eigenvalue weighted by atomic mass is 16.3. The highest BCUT2D eigenvalue weighted by Gasteiger charge is 2.22. The van der Waals surface area contributed by atoms with Crippen LogP contribution in [0.3, 0.4) is 0 Å². The first-order valence-electron chi connectivity index (χ1n) is 8.29. The molecular weight excluding hydrogens is 308 g/mol. The Labute approximate surface area is 142 Å². The zero-order valence-corrected chi connectivity index (χ0v) is 14.3.